The first-order valence-electron chi connectivity index (χ1n) is 7.66. The van der Waals surface area contributed by atoms with Crippen LogP contribution in [0.3, 0.4) is 0 Å². The molecule has 2 aromatic heterocycles. The topological polar surface area (TPSA) is 72.3 Å². The Balaban J connectivity index is 1.52. The molecule has 7 nitrogen and oxygen atoms in total. The number of hydrogen-bond acceptors (Lipinski definition) is 5. The molecule has 0 aromatic carbocycles. The summed E-state index contributed by atoms with van der Waals surface area (Å²) in [7, 11) is 3.38. The molecule has 0 radical (unpaired) electrons. The van der Waals surface area contributed by atoms with E-state index in [0.717, 1.165) is 31.6 Å². The van der Waals surface area contributed by atoms with Crippen LogP contribution in [0.4, 0.5) is 0 Å². The van der Waals surface area contributed by atoms with Gasteiger partial charge in [0.1, 0.15) is 5.69 Å². The minimum absolute atomic E-state index is 0.0667. The van der Waals surface area contributed by atoms with E-state index in [1.165, 1.54) is 0 Å². The number of ether oxygens (including phenoxy) is 1. The van der Waals surface area contributed by atoms with Crippen LogP contribution in [0.25, 0.3) is 0 Å². The summed E-state index contributed by atoms with van der Waals surface area (Å²) in [6.07, 6.45) is 4.42. The van der Waals surface area contributed by atoms with Crippen LogP contribution in [-0.2, 0) is 13.6 Å². The van der Waals surface area contributed by atoms with Crippen molar-refractivity contribution < 1.29 is 9.53 Å². The smallest absolute Gasteiger partial charge is 0.269 e. The van der Waals surface area contributed by atoms with E-state index in [1.807, 2.05) is 18.3 Å². The fourth-order valence-electron chi connectivity index (χ4n) is 2.83. The Morgan fingerprint density at radius 2 is 2.30 bits per heavy atom. The molecule has 2 aromatic rings. The first-order chi connectivity index (χ1) is 11.2. The third kappa shape index (κ3) is 3.68. The van der Waals surface area contributed by atoms with Crippen LogP contribution in [-0.4, -0.2) is 51.8 Å². The van der Waals surface area contributed by atoms with Crippen LogP contribution in [0, 0.1) is 0 Å². The molecule has 0 spiro atoms. The third-order valence-electron chi connectivity index (χ3n) is 4.07. The van der Waals surface area contributed by atoms with E-state index in [9.17, 15) is 4.79 Å². The average Bonchev–Trinajstić information content (AvgIpc) is 3.17. The molecular weight excluding hydrogens is 294 g/mol. The van der Waals surface area contributed by atoms with E-state index in [2.05, 4.69) is 20.3 Å². The second-order valence-corrected chi connectivity index (χ2v) is 5.74. The molecule has 1 amide bonds. The number of aromatic nitrogens is 3. The molecule has 0 aliphatic carbocycles. The highest BCUT2D eigenvalue weighted by Crippen LogP contribution is 2.15. The highest BCUT2D eigenvalue weighted by atomic mass is 16.5. The van der Waals surface area contributed by atoms with Crippen molar-refractivity contribution in [1.29, 1.82) is 0 Å². The molecule has 0 saturated carbocycles. The minimum Gasteiger partial charge on any atom is -0.481 e. The zero-order valence-corrected chi connectivity index (χ0v) is 13.4. The molecular formula is C16H21N5O2. The van der Waals surface area contributed by atoms with Gasteiger partial charge in [-0.2, -0.15) is 5.10 Å². The van der Waals surface area contributed by atoms with Gasteiger partial charge >= 0.3 is 0 Å². The zero-order valence-electron chi connectivity index (χ0n) is 13.4. The SMILES string of the molecule is COc1ccc(CN2CCC(NC(=O)c3ccnn3C)C2)cn1. The maximum Gasteiger partial charge on any atom is 0.269 e. The zero-order chi connectivity index (χ0) is 16.2. The van der Waals surface area contributed by atoms with Crippen molar-refractivity contribution in [2.24, 2.45) is 7.05 Å². The van der Waals surface area contributed by atoms with E-state index >= 15 is 0 Å². The first-order valence-corrected chi connectivity index (χ1v) is 7.66. The standard InChI is InChI=1S/C16H21N5O2/c1-20-14(5-7-18-20)16(22)19-13-6-8-21(11-13)10-12-3-4-15(23-2)17-9-12/h3-5,7,9,13H,6,8,10-11H2,1-2H3,(H,19,22). The summed E-state index contributed by atoms with van der Waals surface area (Å²) in [4.78, 5) is 18.7. The summed E-state index contributed by atoms with van der Waals surface area (Å²) < 4.78 is 6.65. The maximum atomic E-state index is 12.2. The largest absolute Gasteiger partial charge is 0.481 e. The van der Waals surface area contributed by atoms with Gasteiger partial charge in [-0.15, -0.1) is 0 Å². The summed E-state index contributed by atoms with van der Waals surface area (Å²) in [5, 5.41) is 7.10. The molecule has 0 bridgehead atoms. The van der Waals surface area contributed by atoms with Crippen LogP contribution in [0.5, 0.6) is 5.88 Å². The van der Waals surface area contributed by atoms with Crippen LogP contribution < -0.4 is 10.1 Å². The maximum absolute atomic E-state index is 12.2. The third-order valence-corrected chi connectivity index (χ3v) is 4.07. The number of nitrogens with one attached hydrogen (secondary N) is 1. The second-order valence-electron chi connectivity index (χ2n) is 5.74. The average molecular weight is 315 g/mol. The van der Waals surface area contributed by atoms with Gasteiger partial charge < -0.3 is 10.1 Å². The molecule has 1 saturated heterocycles. The lowest BCUT2D eigenvalue weighted by Crippen LogP contribution is -2.37. The van der Waals surface area contributed by atoms with Crippen molar-refractivity contribution in [3.05, 3.63) is 41.9 Å². The monoisotopic (exact) mass is 315 g/mol. The van der Waals surface area contributed by atoms with Gasteiger partial charge in [0.2, 0.25) is 5.88 Å². The van der Waals surface area contributed by atoms with E-state index in [-0.39, 0.29) is 11.9 Å². The molecule has 1 fully saturated rings. The minimum atomic E-state index is -0.0667. The Kier molecular flexibility index (Phi) is 4.57. The summed E-state index contributed by atoms with van der Waals surface area (Å²) in [5.74, 6) is 0.555. The molecule has 1 unspecified atom stereocenters. The van der Waals surface area contributed by atoms with Gasteiger partial charge in [-0.1, -0.05) is 6.07 Å². The van der Waals surface area contributed by atoms with Gasteiger partial charge in [-0.25, -0.2) is 4.98 Å². The van der Waals surface area contributed by atoms with Gasteiger partial charge in [-0.3, -0.25) is 14.4 Å². The van der Waals surface area contributed by atoms with Crippen molar-refractivity contribution in [1.82, 2.24) is 25.0 Å². The number of pyridine rings is 1. The molecule has 23 heavy (non-hydrogen) atoms. The number of carbonyl (C=O) groups is 1. The fourth-order valence-corrected chi connectivity index (χ4v) is 2.83. The Morgan fingerprint density at radius 3 is 2.96 bits per heavy atom. The Labute approximate surface area is 135 Å². The van der Waals surface area contributed by atoms with Gasteiger partial charge in [0.05, 0.1) is 7.11 Å². The van der Waals surface area contributed by atoms with Crippen molar-refractivity contribution in [3.8, 4) is 5.88 Å². The lowest BCUT2D eigenvalue weighted by Gasteiger charge is -2.16. The number of carbonyl (C=O) groups excluding carboxylic acids is 1. The molecule has 122 valence electrons. The van der Waals surface area contributed by atoms with Crippen LogP contribution in [0.1, 0.15) is 22.5 Å². The number of methoxy groups -OCH3 is 1. The lowest BCUT2D eigenvalue weighted by molar-refractivity contribution is 0.0928. The predicted molar refractivity (Wildman–Crippen MR) is 85.1 cm³/mol. The summed E-state index contributed by atoms with van der Waals surface area (Å²) in [5.41, 5.74) is 1.73. The Bertz CT molecular complexity index is 667. The van der Waals surface area contributed by atoms with Gasteiger partial charge in [-0.05, 0) is 18.1 Å². The van der Waals surface area contributed by atoms with Gasteiger partial charge in [0, 0.05) is 51.2 Å². The molecule has 7 heteroatoms. The number of aryl methyl sites for hydroxylation is 1. The van der Waals surface area contributed by atoms with Crippen LogP contribution in [0.2, 0.25) is 0 Å². The summed E-state index contributed by atoms with van der Waals surface area (Å²) in [6, 6.07) is 5.79. The van der Waals surface area contributed by atoms with Crippen molar-refractivity contribution >= 4 is 5.91 Å². The number of rotatable bonds is 5. The summed E-state index contributed by atoms with van der Waals surface area (Å²) >= 11 is 0. The fraction of sp³-hybridized carbons (Fsp3) is 0.438. The molecule has 1 atom stereocenters. The van der Waals surface area contributed by atoms with Crippen molar-refractivity contribution in [3.63, 3.8) is 0 Å². The Hall–Kier alpha value is -2.41. The normalized spacial score (nSPS) is 18.1. The molecule has 3 heterocycles. The van der Waals surface area contributed by atoms with E-state index in [0.29, 0.717) is 11.6 Å². The van der Waals surface area contributed by atoms with Crippen LogP contribution in [0.15, 0.2) is 30.6 Å². The first kappa shape index (κ1) is 15.5. The second kappa shape index (κ2) is 6.78. The number of likely N-dealkylation sites (tertiary alicyclic amines) is 1. The van der Waals surface area contributed by atoms with E-state index in [1.54, 1.807) is 31.1 Å². The van der Waals surface area contributed by atoms with Crippen LogP contribution >= 0.6 is 0 Å². The molecule has 3 rings (SSSR count). The molecule has 1 aliphatic heterocycles. The highest BCUT2D eigenvalue weighted by Gasteiger charge is 2.25. The number of amides is 1. The van der Waals surface area contributed by atoms with E-state index < -0.39 is 0 Å². The van der Waals surface area contributed by atoms with Gasteiger partial charge in [0.15, 0.2) is 0 Å². The highest BCUT2D eigenvalue weighted by molar-refractivity contribution is 5.92. The van der Waals surface area contributed by atoms with Gasteiger partial charge in [0.25, 0.3) is 5.91 Å². The summed E-state index contributed by atoms with van der Waals surface area (Å²) in [6.45, 7) is 2.63. The van der Waals surface area contributed by atoms with E-state index in [4.69, 9.17) is 4.74 Å². The predicted octanol–water partition coefficient (Wildman–Crippen LogP) is 0.828. The number of hydrogen-bond donors (Lipinski definition) is 1. The Morgan fingerprint density at radius 1 is 1.43 bits per heavy atom. The quantitative estimate of drug-likeness (QED) is 0.885. The lowest BCUT2D eigenvalue weighted by atomic mass is 10.2. The number of nitrogens with zero attached hydrogens (tertiary/aromatic N) is 4. The van der Waals surface area contributed by atoms with Crippen molar-refractivity contribution in [2.45, 2.75) is 19.0 Å². The molecule has 1 N–H and O–H groups in total. The molecule has 1 aliphatic rings. The van der Waals surface area contributed by atoms with Crippen molar-refractivity contribution in [2.75, 3.05) is 20.2 Å².